The Morgan fingerprint density at radius 1 is 1.20 bits per heavy atom. The van der Waals surface area contributed by atoms with E-state index in [1.54, 1.807) is 25.2 Å². The van der Waals surface area contributed by atoms with Gasteiger partial charge in [0.05, 0.1) is 12.2 Å². The molecule has 0 unspecified atom stereocenters. The highest BCUT2D eigenvalue weighted by Gasteiger charge is 2.33. The molecule has 6 nitrogen and oxygen atoms in total. The molecule has 0 bridgehead atoms. The minimum Gasteiger partial charge on any atom is -0.484 e. The molecule has 0 saturated carbocycles. The summed E-state index contributed by atoms with van der Waals surface area (Å²) in [6, 6.07) is 14.6. The summed E-state index contributed by atoms with van der Waals surface area (Å²) in [5, 5.41) is 2.55. The smallest absolute Gasteiger partial charge is 0.265 e. The Balaban J connectivity index is 1.75. The molecule has 6 heteroatoms. The molecule has 0 saturated heterocycles. The molecule has 0 aliphatic carbocycles. The first-order valence-corrected chi connectivity index (χ1v) is 8.05. The monoisotopic (exact) mass is 340 g/mol. The maximum Gasteiger partial charge on any atom is 0.265 e. The molecule has 2 amide bonds. The van der Waals surface area contributed by atoms with Gasteiger partial charge in [-0.3, -0.25) is 9.59 Å². The molecule has 0 radical (unpaired) electrons. The topological polar surface area (TPSA) is 67.9 Å². The van der Waals surface area contributed by atoms with Gasteiger partial charge >= 0.3 is 0 Å². The van der Waals surface area contributed by atoms with Crippen molar-refractivity contribution in [3.63, 3.8) is 0 Å². The minimum atomic E-state index is -0.747. The highest BCUT2D eigenvalue weighted by molar-refractivity contribution is 5.98. The maximum atomic E-state index is 12.7. The predicted octanol–water partition coefficient (Wildman–Crippen LogP) is 1.91. The van der Waals surface area contributed by atoms with Crippen LogP contribution in [0.15, 0.2) is 48.5 Å². The molecule has 3 rings (SSSR count). The van der Waals surface area contributed by atoms with E-state index in [-0.39, 0.29) is 25.0 Å². The normalized spacial score (nSPS) is 15.8. The Labute approximate surface area is 146 Å². The Morgan fingerprint density at radius 2 is 1.92 bits per heavy atom. The molecule has 2 aromatic carbocycles. The van der Waals surface area contributed by atoms with E-state index in [4.69, 9.17) is 9.47 Å². The third-order valence-electron chi connectivity index (χ3n) is 4.00. The minimum absolute atomic E-state index is 0.113. The van der Waals surface area contributed by atoms with Crippen molar-refractivity contribution in [1.82, 2.24) is 5.32 Å². The number of benzene rings is 2. The van der Waals surface area contributed by atoms with Crippen LogP contribution in [0.2, 0.25) is 0 Å². The quantitative estimate of drug-likeness (QED) is 0.923. The molecular formula is C19H20N2O4. The number of hydrogen-bond donors (Lipinski definition) is 1. The standard InChI is InChI=1S/C19H20N2O4/c1-13-7-9-14(10-8-13)24-12-18(22)21-11-17(19(23)20-2)25-16-6-4-3-5-15(16)21/h3-10,17H,11-12H2,1-2H3,(H,20,23)/t17-/m1/s1. The molecule has 1 aliphatic heterocycles. The van der Waals surface area contributed by atoms with Crippen molar-refractivity contribution in [2.24, 2.45) is 0 Å². The van der Waals surface area contributed by atoms with Crippen molar-refractivity contribution in [2.75, 3.05) is 25.1 Å². The van der Waals surface area contributed by atoms with Gasteiger partial charge in [0.25, 0.3) is 11.8 Å². The Kier molecular flexibility index (Phi) is 4.88. The van der Waals surface area contributed by atoms with E-state index in [1.807, 2.05) is 37.3 Å². The zero-order chi connectivity index (χ0) is 17.8. The second kappa shape index (κ2) is 7.25. The molecule has 1 heterocycles. The Morgan fingerprint density at radius 3 is 2.64 bits per heavy atom. The van der Waals surface area contributed by atoms with Gasteiger partial charge in [-0.1, -0.05) is 29.8 Å². The summed E-state index contributed by atoms with van der Waals surface area (Å²) < 4.78 is 11.3. The lowest BCUT2D eigenvalue weighted by Crippen LogP contribution is -2.51. The summed E-state index contributed by atoms with van der Waals surface area (Å²) in [5.74, 6) is 0.631. The molecular weight excluding hydrogens is 320 g/mol. The summed E-state index contributed by atoms with van der Waals surface area (Å²) in [6.45, 7) is 2.02. The zero-order valence-corrected chi connectivity index (χ0v) is 14.2. The Bertz CT molecular complexity index is 773. The molecule has 130 valence electrons. The third kappa shape index (κ3) is 3.74. The van der Waals surface area contributed by atoms with E-state index in [1.165, 1.54) is 4.90 Å². The first-order chi connectivity index (χ1) is 12.1. The van der Waals surface area contributed by atoms with Gasteiger partial charge in [-0.2, -0.15) is 0 Å². The number of ether oxygens (including phenoxy) is 2. The maximum absolute atomic E-state index is 12.7. The number of hydrogen-bond acceptors (Lipinski definition) is 4. The number of nitrogens with zero attached hydrogens (tertiary/aromatic N) is 1. The van der Waals surface area contributed by atoms with Crippen LogP contribution in [0, 0.1) is 6.92 Å². The lowest BCUT2D eigenvalue weighted by Gasteiger charge is -2.33. The zero-order valence-electron chi connectivity index (χ0n) is 14.2. The number of para-hydroxylation sites is 2. The highest BCUT2D eigenvalue weighted by Crippen LogP contribution is 2.33. The van der Waals surface area contributed by atoms with Crippen LogP contribution < -0.4 is 19.7 Å². The van der Waals surface area contributed by atoms with Gasteiger partial charge in [-0.25, -0.2) is 0 Å². The molecule has 1 atom stereocenters. The van der Waals surface area contributed by atoms with E-state index in [9.17, 15) is 9.59 Å². The number of amides is 2. The molecule has 25 heavy (non-hydrogen) atoms. The molecule has 1 aliphatic rings. The van der Waals surface area contributed by atoms with Crippen LogP contribution in [-0.4, -0.2) is 38.1 Å². The van der Waals surface area contributed by atoms with Crippen molar-refractivity contribution in [1.29, 1.82) is 0 Å². The summed E-state index contributed by atoms with van der Waals surface area (Å²) in [7, 11) is 1.54. The fraction of sp³-hybridized carbons (Fsp3) is 0.263. The van der Waals surface area contributed by atoms with Crippen molar-refractivity contribution in [3.8, 4) is 11.5 Å². The van der Waals surface area contributed by atoms with Crippen LogP contribution in [0.1, 0.15) is 5.56 Å². The number of carbonyl (C=O) groups excluding carboxylic acids is 2. The van der Waals surface area contributed by atoms with E-state index >= 15 is 0 Å². The summed E-state index contributed by atoms with van der Waals surface area (Å²) in [6.07, 6.45) is -0.747. The van der Waals surface area contributed by atoms with Gasteiger partial charge in [0.1, 0.15) is 11.5 Å². The van der Waals surface area contributed by atoms with Gasteiger partial charge in [0.2, 0.25) is 0 Å². The largest absolute Gasteiger partial charge is 0.484 e. The number of nitrogens with one attached hydrogen (secondary N) is 1. The van der Waals surface area contributed by atoms with E-state index in [0.29, 0.717) is 17.2 Å². The lowest BCUT2D eigenvalue weighted by molar-refractivity contribution is -0.128. The van der Waals surface area contributed by atoms with Crippen LogP contribution in [0.5, 0.6) is 11.5 Å². The van der Waals surface area contributed by atoms with Crippen LogP contribution in [-0.2, 0) is 9.59 Å². The van der Waals surface area contributed by atoms with E-state index < -0.39 is 6.10 Å². The molecule has 0 spiro atoms. The average Bonchev–Trinajstić information content (AvgIpc) is 2.65. The van der Waals surface area contributed by atoms with Gasteiger partial charge in [0, 0.05) is 7.05 Å². The lowest BCUT2D eigenvalue weighted by atomic mass is 10.1. The number of anilines is 1. The Hall–Kier alpha value is -3.02. The van der Waals surface area contributed by atoms with Gasteiger partial charge in [-0.05, 0) is 31.2 Å². The number of carbonyl (C=O) groups is 2. The van der Waals surface area contributed by atoms with Crippen LogP contribution in [0.3, 0.4) is 0 Å². The van der Waals surface area contributed by atoms with Crippen molar-refractivity contribution in [3.05, 3.63) is 54.1 Å². The number of likely N-dealkylation sites (N-methyl/N-ethyl adjacent to an activating group) is 1. The fourth-order valence-corrected chi connectivity index (χ4v) is 2.63. The molecule has 1 N–H and O–H groups in total. The molecule has 0 aromatic heterocycles. The second-order valence-corrected chi connectivity index (χ2v) is 5.79. The van der Waals surface area contributed by atoms with E-state index in [0.717, 1.165) is 5.56 Å². The van der Waals surface area contributed by atoms with Crippen molar-refractivity contribution < 1.29 is 19.1 Å². The third-order valence-corrected chi connectivity index (χ3v) is 4.00. The summed E-state index contributed by atoms with van der Waals surface area (Å²) in [5.41, 5.74) is 1.76. The van der Waals surface area contributed by atoms with Gasteiger partial charge in [0.15, 0.2) is 12.7 Å². The van der Waals surface area contributed by atoms with Crippen LogP contribution >= 0.6 is 0 Å². The highest BCUT2D eigenvalue weighted by atomic mass is 16.5. The first kappa shape index (κ1) is 16.8. The summed E-state index contributed by atoms with van der Waals surface area (Å²) >= 11 is 0. The van der Waals surface area contributed by atoms with E-state index in [2.05, 4.69) is 5.32 Å². The number of rotatable bonds is 4. The van der Waals surface area contributed by atoms with Crippen LogP contribution in [0.25, 0.3) is 0 Å². The first-order valence-electron chi connectivity index (χ1n) is 8.05. The number of fused-ring (bicyclic) bond motifs is 1. The van der Waals surface area contributed by atoms with Gasteiger partial charge in [-0.15, -0.1) is 0 Å². The van der Waals surface area contributed by atoms with Gasteiger partial charge < -0.3 is 19.7 Å². The van der Waals surface area contributed by atoms with Crippen molar-refractivity contribution >= 4 is 17.5 Å². The summed E-state index contributed by atoms with van der Waals surface area (Å²) in [4.78, 5) is 26.2. The number of aryl methyl sites for hydroxylation is 1. The predicted molar refractivity (Wildman–Crippen MR) is 94.0 cm³/mol. The average molecular weight is 340 g/mol. The molecule has 2 aromatic rings. The SMILES string of the molecule is CNC(=O)[C@H]1CN(C(=O)COc2ccc(C)cc2)c2ccccc2O1. The fourth-order valence-electron chi connectivity index (χ4n) is 2.63. The van der Waals surface area contributed by atoms with Crippen molar-refractivity contribution in [2.45, 2.75) is 13.0 Å². The molecule has 0 fully saturated rings. The second-order valence-electron chi connectivity index (χ2n) is 5.79. The van der Waals surface area contributed by atoms with Crippen LogP contribution in [0.4, 0.5) is 5.69 Å².